The van der Waals surface area contributed by atoms with Crippen LogP contribution in [0.3, 0.4) is 0 Å². The molecular weight excluding hydrogens is 276 g/mol. The summed E-state index contributed by atoms with van der Waals surface area (Å²) in [6.07, 6.45) is 2.04. The molecule has 2 aromatic heterocycles. The lowest BCUT2D eigenvalue weighted by molar-refractivity contribution is -0.115. The Hall–Kier alpha value is -2.69. The maximum absolute atomic E-state index is 12.4. The van der Waals surface area contributed by atoms with Gasteiger partial charge in [-0.3, -0.25) is 14.5 Å². The van der Waals surface area contributed by atoms with Crippen molar-refractivity contribution in [3.05, 3.63) is 53.5 Å². The number of aryl methyl sites for hydroxylation is 2. The van der Waals surface area contributed by atoms with Gasteiger partial charge in [0.15, 0.2) is 0 Å². The molecule has 3 aromatic rings. The molecule has 0 unspecified atom stereocenters. The van der Waals surface area contributed by atoms with Crippen molar-refractivity contribution in [3.8, 4) is 0 Å². The molecule has 3 rings (SSSR count). The molecule has 5 heteroatoms. The Bertz CT molecular complexity index is 846. The summed E-state index contributed by atoms with van der Waals surface area (Å²) >= 11 is 0. The van der Waals surface area contributed by atoms with Crippen LogP contribution >= 0.6 is 0 Å². The number of nitrogens with zero attached hydrogens (tertiary/aromatic N) is 3. The maximum atomic E-state index is 12.4. The average Bonchev–Trinajstić information content (AvgIpc) is 2.74. The van der Waals surface area contributed by atoms with Crippen molar-refractivity contribution in [2.75, 3.05) is 5.32 Å². The normalized spacial score (nSPS) is 10.9. The van der Waals surface area contributed by atoms with Gasteiger partial charge in [0, 0.05) is 18.6 Å². The van der Waals surface area contributed by atoms with Crippen molar-refractivity contribution in [2.24, 2.45) is 7.05 Å². The molecule has 0 aliphatic heterocycles. The van der Waals surface area contributed by atoms with Crippen molar-refractivity contribution in [1.82, 2.24) is 14.8 Å². The molecule has 2 heterocycles. The van der Waals surface area contributed by atoms with E-state index in [-0.39, 0.29) is 5.91 Å². The van der Waals surface area contributed by atoms with Crippen molar-refractivity contribution < 1.29 is 4.79 Å². The summed E-state index contributed by atoms with van der Waals surface area (Å²) in [7, 11) is 1.87. The highest BCUT2D eigenvalue weighted by molar-refractivity contribution is 5.96. The van der Waals surface area contributed by atoms with Crippen molar-refractivity contribution in [1.29, 1.82) is 0 Å². The molecule has 0 bridgehead atoms. The first-order chi connectivity index (χ1) is 10.6. The number of carbonyl (C=O) groups is 1. The van der Waals surface area contributed by atoms with Gasteiger partial charge in [0.25, 0.3) is 0 Å². The minimum Gasteiger partial charge on any atom is -0.323 e. The number of pyridine rings is 1. The fraction of sp³-hybridized carbons (Fsp3) is 0.235. The SMILES string of the molecule is Cc1nn(C)c(C)c1NC(=O)Cc1cccc2cccnc12. The van der Waals surface area contributed by atoms with Crippen LogP contribution in [0.2, 0.25) is 0 Å². The van der Waals surface area contributed by atoms with E-state index in [1.165, 1.54) is 0 Å². The molecular formula is C17H18N4O. The summed E-state index contributed by atoms with van der Waals surface area (Å²) in [5, 5.41) is 8.32. The Morgan fingerprint density at radius 1 is 1.23 bits per heavy atom. The lowest BCUT2D eigenvalue weighted by atomic mass is 10.1. The van der Waals surface area contributed by atoms with Gasteiger partial charge in [-0.1, -0.05) is 24.3 Å². The van der Waals surface area contributed by atoms with E-state index in [0.717, 1.165) is 33.5 Å². The highest BCUT2D eigenvalue weighted by Gasteiger charge is 2.14. The molecule has 0 radical (unpaired) electrons. The van der Waals surface area contributed by atoms with Gasteiger partial charge >= 0.3 is 0 Å². The largest absolute Gasteiger partial charge is 0.323 e. The first-order valence-electron chi connectivity index (χ1n) is 7.19. The third-order valence-corrected chi connectivity index (χ3v) is 3.84. The van der Waals surface area contributed by atoms with Crippen LogP contribution in [-0.2, 0) is 18.3 Å². The maximum Gasteiger partial charge on any atom is 0.228 e. The molecule has 0 spiro atoms. The molecule has 0 fully saturated rings. The minimum absolute atomic E-state index is 0.0580. The quantitative estimate of drug-likeness (QED) is 0.808. The first-order valence-corrected chi connectivity index (χ1v) is 7.19. The number of hydrogen-bond donors (Lipinski definition) is 1. The van der Waals surface area contributed by atoms with E-state index >= 15 is 0 Å². The van der Waals surface area contributed by atoms with E-state index in [9.17, 15) is 4.79 Å². The number of aromatic nitrogens is 3. The zero-order chi connectivity index (χ0) is 15.7. The van der Waals surface area contributed by atoms with E-state index in [1.807, 2.05) is 51.2 Å². The number of carbonyl (C=O) groups excluding carboxylic acids is 1. The lowest BCUT2D eigenvalue weighted by Gasteiger charge is -2.07. The Morgan fingerprint density at radius 2 is 2.00 bits per heavy atom. The molecule has 0 aliphatic rings. The number of hydrogen-bond acceptors (Lipinski definition) is 3. The zero-order valence-corrected chi connectivity index (χ0v) is 12.9. The van der Waals surface area contributed by atoms with Crippen LogP contribution in [0, 0.1) is 13.8 Å². The highest BCUT2D eigenvalue weighted by atomic mass is 16.1. The summed E-state index contributed by atoms with van der Waals surface area (Å²) in [5.74, 6) is -0.0580. The van der Waals surface area contributed by atoms with E-state index in [0.29, 0.717) is 6.42 Å². The van der Waals surface area contributed by atoms with Gasteiger partial charge in [0.05, 0.1) is 29.0 Å². The third-order valence-electron chi connectivity index (χ3n) is 3.84. The second-order valence-corrected chi connectivity index (χ2v) is 5.39. The summed E-state index contributed by atoms with van der Waals surface area (Å²) in [6, 6.07) is 9.79. The van der Waals surface area contributed by atoms with E-state index in [4.69, 9.17) is 0 Å². The number of anilines is 1. The van der Waals surface area contributed by atoms with E-state index < -0.39 is 0 Å². The van der Waals surface area contributed by atoms with Gasteiger partial charge in [-0.25, -0.2) is 0 Å². The van der Waals surface area contributed by atoms with Crippen LogP contribution in [0.25, 0.3) is 10.9 Å². The van der Waals surface area contributed by atoms with Crippen molar-refractivity contribution in [2.45, 2.75) is 20.3 Å². The molecule has 1 amide bonds. The Labute approximate surface area is 129 Å². The van der Waals surface area contributed by atoms with Crippen LogP contribution in [-0.4, -0.2) is 20.7 Å². The molecule has 0 aliphatic carbocycles. The van der Waals surface area contributed by atoms with Gasteiger partial charge in [0.1, 0.15) is 0 Å². The summed E-state index contributed by atoms with van der Waals surface area (Å²) in [6.45, 7) is 3.83. The van der Waals surface area contributed by atoms with Crippen molar-refractivity contribution in [3.63, 3.8) is 0 Å². The van der Waals surface area contributed by atoms with Gasteiger partial charge in [-0.15, -0.1) is 0 Å². The van der Waals surface area contributed by atoms with Gasteiger partial charge in [-0.05, 0) is 25.5 Å². The molecule has 1 N–H and O–H groups in total. The van der Waals surface area contributed by atoms with E-state index in [2.05, 4.69) is 15.4 Å². The molecule has 0 saturated heterocycles. The Kier molecular flexibility index (Phi) is 3.63. The second-order valence-electron chi connectivity index (χ2n) is 5.39. The van der Waals surface area contributed by atoms with Crippen LogP contribution in [0.4, 0.5) is 5.69 Å². The second kappa shape index (κ2) is 5.60. The van der Waals surface area contributed by atoms with Gasteiger partial charge in [-0.2, -0.15) is 5.10 Å². The predicted octanol–water partition coefficient (Wildman–Crippen LogP) is 2.77. The average molecular weight is 294 g/mol. The topological polar surface area (TPSA) is 59.8 Å². The standard InChI is InChI=1S/C17H18N4O/c1-11-16(12(2)21(3)20-11)19-15(22)10-14-7-4-6-13-8-5-9-18-17(13)14/h4-9H,10H2,1-3H3,(H,19,22). The number of amides is 1. The molecule has 1 aromatic carbocycles. The number of nitrogens with one attached hydrogen (secondary N) is 1. The highest BCUT2D eigenvalue weighted by Crippen LogP contribution is 2.20. The fourth-order valence-corrected chi connectivity index (χ4v) is 2.62. The van der Waals surface area contributed by atoms with E-state index in [1.54, 1.807) is 10.9 Å². The number of fused-ring (bicyclic) bond motifs is 1. The molecule has 0 atom stereocenters. The minimum atomic E-state index is -0.0580. The summed E-state index contributed by atoms with van der Waals surface area (Å²) < 4.78 is 1.77. The van der Waals surface area contributed by atoms with Crippen LogP contribution in [0.1, 0.15) is 17.0 Å². The Balaban J connectivity index is 1.85. The number of benzene rings is 1. The van der Waals surface area contributed by atoms with Crippen LogP contribution < -0.4 is 5.32 Å². The zero-order valence-electron chi connectivity index (χ0n) is 12.9. The summed E-state index contributed by atoms with van der Waals surface area (Å²) in [4.78, 5) is 16.7. The molecule has 112 valence electrons. The van der Waals surface area contributed by atoms with Crippen LogP contribution in [0.15, 0.2) is 36.5 Å². The smallest absolute Gasteiger partial charge is 0.228 e. The lowest BCUT2D eigenvalue weighted by Crippen LogP contribution is -2.15. The molecule has 0 saturated carbocycles. The predicted molar refractivity (Wildman–Crippen MR) is 86.8 cm³/mol. The monoisotopic (exact) mass is 294 g/mol. The molecule has 5 nitrogen and oxygen atoms in total. The van der Waals surface area contributed by atoms with Crippen LogP contribution in [0.5, 0.6) is 0 Å². The first kappa shape index (κ1) is 14.3. The summed E-state index contributed by atoms with van der Waals surface area (Å²) in [5.41, 5.74) is 4.36. The van der Waals surface area contributed by atoms with Crippen molar-refractivity contribution >= 4 is 22.5 Å². The molecule has 22 heavy (non-hydrogen) atoms. The Morgan fingerprint density at radius 3 is 2.73 bits per heavy atom. The third kappa shape index (κ3) is 2.57. The van der Waals surface area contributed by atoms with Gasteiger partial charge in [0.2, 0.25) is 5.91 Å². The van der Waals surface area contributed by atoms with Gasteiger partial charge < -0.3 is 5.32 Å². The fourth-order valence-electron chi connectivity index (χ4n) is 2.62. The number of rotatable bonds is 3. The number of para-hydroxylation sites is 1.